The number of carboxylic acid groups (broad SMARTS) is 1. The molecule has 0 aliphatic heterocycles. The number of thiophene rings is 1. The second-order valence-electron chi connectivity index (χ2n) is 7.56. The number of rotatable bonds is 7. The van der Waals surface area contributed by atoms with Crippen LogP contribution >= 0.6 is 11.3 Å². The maximum atomic E-state index is 13.0. The van der Waals surface area contributed by atoms with Gasteiger partial charge in [0.05, 0.1) is 4.88 Å². The van der Waals surface area contributed by atoms with Crippen LogP contribution in [0.25, 0.3) is 10.1 Å². The Morgan fingerprint density at radius 1 is 1.07 bits per heavy atom. The van der Waals surface area contributed by atoms with Crippen molar-refractivity contribution in [2.75, 3.05) is 0 Å². The van der Waals surface area contributed by atoms with Crippen molar-refractivity contribution < 1.29 is 14.7 Å². The number of fused-ring (bicyclic) bond motifs is 1. The highest BCUT2D eigenvalue weighted by Gasteiger charge is 2.25. The number of hydrogen-bond acceptors (Lipinski definition) is 3. The third-order valence-electron chi connectivity index (χ3n) is 4.72. The van der Waals surface area contributed by atoms with Crippen molar-refractivity contribution >= 4 is 33.3 Å². The SMILES string of the molecule is Cc1ccc(Cc2c(C(=O)NC(CC(C)C)C(=O)O)sc3ccccc23)cc1. The van der Waals surface area contributed by atoms with Crippen LogP contribution in [0.3, 0.4) is 0 Å². The molecule has 1 unspecified atom stereocenters. The van der Waals surface area contributed by atoms with Crippen molar-refractivity contribution in [1.82, 2.24) is 5.32 Å². The van der Waals surface area contributed by atoms with Gasteiger partial charge in [0.1, 0.15) is 6.04 Å². The predicted octanol–water partition coefficient (Wildman–Crippen LogP) is 5.03. The lowest BCUT2D eigenvalue weighted by atomic mass is 10.00. The molecule has 1 amide bonds. The Morgan fingerprint density at radius 3 is 2.39 bits per heavy atom. The molecule has 0 saturated heterocycles. The summed E-state index contributed by atoms with van der Waals surface area (Å²) in [5.41, 5.74) is 3.27. The highest BCUT2D eigenvalue weighted by molar-refractivity contribution is 7.21. The summed E-state index contributed by atoms with van der Waals surface area (Å²) in [6, 6.07) is 15.3. The van der Waals surface area contributed by atoms with E-state index in [1.165, 1.54) is 16.9 Å². The summed E-state index contributed by atoms with van der Waals surface area (Å²) in [6.45, 7) is 5.94. The number of carbonyl (C=O) groups excluding carboxylic acids is 1. The van der Waals surface area contributed by atoms with Gasteiger partial charge in [-0.3, -0.25) is 4.79 Å². The number of carboxylic acids is 1. The van der Waals surface area contributed by atoms with Gasteiger partial charge in [0.2, 0.25) is 0 Å². The van der Waals surface area contributed by atoms with Crippen LogP contribution in [0.15, 0.2) is 48.5 Å². The Balaban J connectivity index is 1.96. The molecule has 5 heteroatoms. The van der Waals surface area contributed by atoms with E-state index in [1.807, 2.05) is 45.0 Å². The summed E-state index contributed by atoms with van der Waals surface area (Å²) in [5, 5.41) is 13.3. The van der Waals surface area contributed by atoms with Crippen molar-refractivity contribution in [1.29, 1.82) is 0 Å². The molecule has 0 radical (unpaired) electrons. The Morgan fingerprint density at radius 2 is 1.75 bits per heavy atom. The van der Waals surface area contributed by atoms with Crippen LogP contribution in [0.5, 0.6) is 0 Å². The Labute approximate surface area is 169 Å². The normalized spacial score (nSPS) is 12.3. The van der Waals surface area contributed by atoms with Crippen molar-refractivity contribution in [3.05, 3.63) is 70.1 Å². The average Bonchev–Trinajstić information content (AvgIpc) is 3.01. The lowest BCUT2D eigenvalue weighted by Gasteiger charge is -2.16. The van der Waals surface area contributed by atoms with Gasteiger partial charge in [-0.25, -0.2) is 4.79 Å². The largest absolute Gasteiger partial charge is 0.480 e. The maximum absolute atomic E-state index is 13.0. The second kappa shape index (κ2) is 8.57. The summed E-state index contributed by atoms with van der Waals surface area (Å²) >= 11 is 1.42. The molecule has 2 N–H and O–H groups in total. The predicted molar refractivity (Wildman–Crippen MR) is 114 cm³/mol. The van der Waals surface area contributed by atoms with Crippen molar-refractivity contribution in [2.45, 2.75) is 39.7 Å². The molecule has 3 aromatic rings. The van der Waals surface area contributed by atoms with Gasteiger partial charge in [0, 0.05) is 4.70 Å². The molecular weight excluding hydrogens is 370 g/mol. The van der Waals surface area contributed by atoms with Crippen LogP contribution in [0.2, 0.25) is 0 Å². The Kier molecular flexibility index (Phi) is 6.15. The molecule has 1 aromatic heterocycles. The summed E-state index contributed by atoms with van der Waals surface area (Å²) in [7, 11) is 0. The maximum Gasteiger partial charge on any atom is 0.326 e. The third-order valence-corrected chi connectivity index (χ3v) is 5.93. The first-order valence-electron chi connectivity index (χ1n) is 9.44. The molecule has 0 bridgehead atoms. The highest BCUT2D eigenvalue weighted by atomic mass is 32.1. The number of nitrogens with one attached hydrogen (secondary N) is 1. The van der Waals surface area contributed by atoms with Crippen LogP contribution in [-0.4, -0.2) is 23.0 Å². The molecule has 1 heterocycles. The highest BCUT2D eigenvalue weighted by Crippen LogP contribution is 2.33. The van der Waals surface area contributed by atoms with E-state index in [9.17, 15) is 14.7 Å². The first kappa shape index (κ1) is 20.1. The molecule has 1 atom stereocenters. The molecule has 0 spiro atoms. The van der Waals surface area contributed by atoms with Gasteiger partial charge in [-0.1, -0.05) is 61.9 Å². The molecule has 0 fully saturated rings. The summed E-state index contributed by atoms with van der Waals surface area (Å²) in [4.78, 5) is 25.2. The van der Waals surface area contributed by atoms with E-state index in [0.717, 1.165) is 21.2 Å². The van der Waals surface area contributed by atoms with E-state index >= 15 is 0 Å². The fourth-order valence-corrected chi connectivity index (χ4v) is 4.41. The van der Waals surface area contributed by atoms with Crippen LogP contribution in [0.4, 0.5) is 0 Å². The molecule has 28 heavy (non-hydrogen) atoms. The number of aryl methyl sites for hydroxylation is 1. The standard InChI is InChI=1S/C23H25NO3S/c1-14(2)12-19(23(26)27)24-22(25)21-18(13-16-10-8-15(3)9-11-16)17-6-4-5-7-20(17)28-21/h4-11,14,19H,12-13H2,1-3H3,(H,24,25)(H,26,27). The molecule has 2 aromatic carbocycles. The van der Waals surface area contributed by atoms with E-state index < -0.39 is 12.0 Å². The number of amides is 1. The van der Waals surface area contributed by atoms with Gasteiger partial charge in [-0.15, -0.1) is 11.3 Å². The third kappa shape index (κ3) is 4.60. The molecule has 3 rings (SSSR count). The lowest BCUT2D eigenvalue weighted by molar-refractivity contribution is -0.139. The Hall–Kier alpha value is -2.66. The molecule has 146 valence electrons. The quantitative estimate of drug-likeness (QED) is 0.590. The minimum Gasteiger partial charge on any atom is -0.480 e. The van der Waals surface area contributed by atoms with Crippen molar-refractivity contribution in [3.8, 4) is 0 Å². The first-order chi connectivity index (χ1) is 13.3. The summed E-state index contributed by atoms with van der Waals surface area (Å²) in [5.74, 6) is -1.13. The molecule has 4 nitrogen and oxygen atoms in total. The second-order valence-corrected chi connectivity index (χ2v) is 8.61. The van der Waals surface area contributed by atoms with Gasteiger partial charge >= 0.3 is 5.97 Å². The van der Waals surface area contributed by atoms with Crippen molar-refractivity contribution in [3.63, 3.8) is 0 Å². The monoisotopic (exact) mass is 395 g/mol. The number of aliphatic carboxylic acids is 1. The van der Waals surface area contributed by atoms with Gasteiger partial charge in [0.15, 0.2) is 0 Å². The zero-order valence-electron chi connectivity index (χ0n) is 16.4. The van der Waals surface area contributed by atoms with Gasteiger partial charge in [0.25, 0.3) is 5.91 Å². The first-order valence-corrected chi connectivity index (χ1v) is 10.3. The lowest BCUT2D eigenvalue weighted by Crippen LogP contribution is -2.41. The zero-order valence-corrected chi connectivity index (χ0v) is 17.2. The minimum atomic E-state index is -0.997. The summed E-state index contributed by atoms with van der Waals surface area (Å²) in [6.07, 6.45) is 1.04. The van der Waals surface area contributed by atoms with Gasteiger partial charge in [-0.05, 0) is 48.3 Å². The smallest absolute Gasteiger partial charge is 0.326 e. The number of carbonyl (C=O) groups is 2. The van der Waals surface area contributed by atoms with Crippen molar-refractivity contribution in [2.24, 2.45) is 5.92 Å². The number of benzene rings is 2. The van der Waals surface area contributed by atoms with Crippen LogP contribution in [0, 0.1) is 12.8 Å². The fraction of sp³-hybridized carbons (Fsp3) is 0.304. The fourth-order valence-electron chi connectivity index (χ4n) is 3.28. The minimum absolute atomic E-state index is 0.177. The van der Waals surface area contributed by atoms with Gasteiger partial charge in [-0.2, -0.15) is 0 Å². The molecule has 0 aliphatic carbocycles. The summed E-state index contributed by atoms with van der Waals surface area (Å²) < 4.78 is 1.03. The van der Waals surface area contributed by atoms with E-state index in [1.54, 1.807) is 0 Å². The average molecular weight is 396 g/mol. The van der Waals surface area contributed by atoms with E-state index in [-0.39, 0.29) is 11.8 Å². The van der Waals surface area contributed by atoms with Crippen LogP contribution < -0.4 is 5.32 Å². The molecular formula is C23H25NO3S. The molecule has 0 aliphatic rings. The van der Waals surface area contributed by atoms with Crippen LogP contribution in [-0.2, 0) is 11.2 Å². The zero-order chi connectivity index (χ0) is 20.3. The molecule has 0 saturated carbocycles. The van der Waals surface area contributed by atoms with E-state index in [4.69, 9.17) is 0 Å². The van der Waals surface area contributed by atoms with Gasteiger partial charge < -0.3 is 10.4 Å². The van der Waals surface area contributed by atoms with Crippen LogP contribution in [0.1, 0.15) is 46.6 Å². The topological polar surface area (TPSA) is 66.4 Å². The Bertz CT molecular complexity index is 989. The van der Waals surface area contributed by atoms with E-state index in [2.05, 4.69) is 29.6 Å². The van der Waals surface area contributed by atoms with E-state index in [0.29, 0.717) is 17.7 Å². The number of hydrogen-bond donors (Lipinski definition) is 2.